The monoisotopic (exact) mass is 302 g/mol. The van der Waals surface area contributed by atoms with E-state index in [-0.39, 0.29) is 11.7 Å². The van der Waals surface area contributed by atoms with Gasteiger partial charge < -0.3 is 9.47 Å². The zero-order valence-electron chi connectivity index (χ0n) is 9.28. The van der Waals surface area contributed by atoms with E-state index in [1.54, 1.807) is 6.07 Å². The van der Waals surface area contributed by atoms with Gasteiger partial charge in [-0.25, -0.2) is 9.18 Å². The Hall–Kier alpha value is -1.10. The molecular weight excluding hydrogens is 291 g/mol. The fraction of sp³-hybridized carbons (Fsp3) is 0.417. The van der Waals surface area contributed by atoms with Crippen molar-refractivity contribution >= 4 is 21.9 Å². The first-order chi connectivity index (χ1) is 8.11. The first-order valence-electron chi connectivity index (χ1n) is 5.31. The van der Waals surface area contributed by atoms with Crippen molar-refractivity contribution in [1.29, 1.82) is 0 Å². The van der Waals surface area contributed by atoms with E-state index in [1.807, 2.05) is 0 Å². The van der Waals surface area contributed by atoms with Crippen molar-refractivity contribution in [2.45, 2.75) is 18.9 Å². The number of ether oxygens (including phenoxy) is 2. The average molecular weight is 303 g/mol. The highest BCUT2D eigenvalue weighted by atomic mass is 79.9. The molecule has 0 spiro atoms. The molecule has 92 valence electrons. The Labute approximate surface area is 107 Å². The van der Waals surface area contributed by atoms with Crippen molar-refractivity contribution in [3.8, 4) is 5.75 Å². The molecule has 1 saturated carbocycles. The van der Waals surface area contributed by atoms with E-state index in [2.05, 4.69) is 20.7 Å². The van der Waals surface area contributed by atoms with Crippen molar-refractivity contribution in [1.82, 2.24) is 0 Å². The van der Waals surface area contributed by atoms with Crippen LogP contribution in [0.3, 0.4) is 0 Å². The number of benzene rings is 1. The Morgan fingerprint density at radius 3 is 2.82 bits per heavy atom. The van der Waals surface area contributed by atoms with Gasteiger partial charge in [0.2, 0.25) is 0 Å². The largest absolute Gasteiger partial charge is 0.475 e. The van der Waals surface area contributed by atoms with Crippen LogP contribution >= 0.6 is 15.9 Å². The number of esters is 1. The predicted octanol–water partition coefficient (Wildman–Crippen LogP) is 2.92. The molecule has 0 N–H and O–H groups in total. The van der Waals surface area contributed by atoms with Gasteiger partial charge in [-0.05, 0) is 31.0 Å². The van der Waals surface area contributed by atoms with Crippen LogP contribution in [0.4, 0.5) is 4.39 Å². The van der Waals surface area contributed by atoms with Gasteiger partial charge in [-0.3, -0.25) is 0 Å². The molecule has 1 aliphatic rings. The summed E-state index contributed by atoms with van der Waals surface area (Å²) < 4.78 is 24.3. The van der Waals surface area contributed by atoms with Crippen molar-refractivity contribution in [2.24, 2.45) is 5.92 Å². The van der Waals surface area contributed by atoms with E-state index in [0.29, 0.717) is 4.47 Å². The number of hydrogen-bond donors (Lipinski definition) is 0. The van der Waals surface area contributed by atoms with Crippen molar-refractivity contribution in [3.05, 3.63) is 28.5 Å². The highest BCUT2D eigenvalue weighted by molar-refractivity contribution is 9.10. The van der Waals surface area contributed by atoms with Gasteiger partial charge in [0, 0.05) is 10.4 Å². The smallest absolute Gasteiger partial charge is 0.347 e. The molecule has 5 heteroatoms. The van der Waals surface area contributed by atoms with Crippen LogP contribution in [-0.4, -0.2) is 19.2 Å². The minimum absolute atomic E-state index is 0.0710. The van der Waals surface area contributed by atoms with Gasteiger partial charge in [0.15, 0.2) is 17.7 Å². The molecule has 0 amide bonds. The quantitative estimate of drug-likeness (QED) is 0.802. The number of rotatable bonds is 4. The van der Waals surface area contributed by atoms with Gasteiger partial charge >= 0.3 is 5.97 Å². The van der Waals surface area contributed by atoms with Crippen LogP contribution in [0.2, 0.25) is 0 Å². The maximum absolute atomic E-state index is 13.5. The minimum atomic E-state index is -0.705. The molecule has 3 nitrogen and oxygen atoms in total. The molecule has 1 aromatic carbocycles. The summed E-state index contributed by atoms with van der Waals surface area (Å²) in [5.41, 5.74) is 0. The maximum Gasteiger partial charge on any atom is 0.347 e. The zero-order chi connectivity index (χ0) is 12.4. The number of carbonyl (C=O) groups is 1. The molecule has 1 fully saturated rings. The topological polar surface area (TPSA) is 35.5 Å². The summed E-state index contributed by atoms with van der Waals surface area (Å²) in [7, 11) is 1.30. The molecule has 0 heterocycles. The third-order valence-electron chi connectivity index (χ3n) is 2.63. The minimum Gasteiger partial charge on any atom is -0.475 e. The Kier molecular flexibility index (Phi) is 3.66. The van der Waals surface area contributed by atoms with Crippen LogP contribution in [0.15, 0.2) is 22.7 Å². The van der Waals surface area contributed by atoms with Crippen molar-refractivity contribution in [2.75, 3.05) is 7.11 Å². The van der Waals surface area contributed by atoms with Crippen molar-refractivity contribution < 1.29 is 18.7 Å². The normalized spacial score (nSPS) is 16.4. The van der Waals surface area contributed by atoms with E-state index < -0.39 is 17.9 Å². The molecule has 2 rings (SSSR count). The highest BCUT2D eigenvalue weighted by Crippen LogP contribution is 2.36. The summed E-state index contributed by atoms with van der Waals surface area (Å²) in [6, 6.07) is 4.38. The van der Waals surface area contributed by atoms with Crippen LogP contribution in [-0.2, 0) is 9.53 Å². The molecule has 1 aromatic rings. The number of halogens is 2. The standard InChI is InChI=1S/C12H12BrFO3/c1-16-12(15)11(7-2-3-7)17-10-6-8(13)4-5-9(10)14/h4-7,11H,2-3H2,1H3. The number of carbonyl (C=O) groups excluding carboxylic acids is 1. The molecule has 1 atom stereocenters. The lowest BCUT2D eigenvalue weighted by molar-refractivity contribution is -0.149. The SMILES string of the molecule is COC(=O)C(Oc1cc(Br)ccc1F)C1CC1. The Morgan fingerprint density at radius 1 is 1.53 bits per heavy atom. The average Bonchev–Trinajstić information content (AvgIpc) is 3.13. The van der Waals surface area contributed by atoms with Gasteiger partial charge in [0.05, 0.1) is 7.11 Å². The highest BCUT2D eigenvalue weighted by Gasteiger charge is 2.39. The summed E-state index contributed by atoms with van der Waals surface area (Å²) in [5.74, 6) is -0.725. The third-order valence-corrected chi connectivity index (χ3v) is 3.12. The summed E-state index contributed by atoms with van der Waals surface area (Å²) in [5, 5.41) is 0. The van der Waals surface area contributed by atoms with Gasteiger partial charge in [-0.2, -0.15) is 0 Å². The molecule has 17 heavy (non-hydrogen) atoms. The summed E-state index contributed by atoms with van der Waals surface area (Å²) >= 11 is 3.23. The van der Waals surface area contributed by atoms with E-state index in [9.17, 15) is 9.18 Å². The van der Waals surface area contributed by atoms with E-state index in [4.69, 9.17) is 4.74 Å². The lowest BCUT2D eigenvalue weighted by atomic mass is 10.2. The van der Waals surface area contributed by atoms with Crippen LogP contribution in [0, 0.1) is 11.7 Å². The lowest BCUT2D eigenvalue weighted by Crippen LogP contribution is -2.31. The summed E-state index contributed by atoms with van der Waals surface area (Å²) in [4.78, 5) is 11.5. The first kappa shape index (κ1) is 12.4. The van der Waals surface area contributed by atoms with E-state index in [1.165, 1.54) is 19.2 Å². The molecule has 0 bridgehead atoms. The molecule has 0 radical (unpaired) electrons. The molecule has 0 aromatic heterocycles. The maximum atomic E-state index is 13.5. The van der Waals surface area contributed by atoms with E-state index >= 15 is 0 Å². The molecule has 0 saturated heterocycles. The number of hydrogen-bond acceptors (Lipinski definition) is 3. The lowest BCUT2D eigenvalue weighted by Gasteiger charge is -2.16. The summed E-state index contributed by atoms with van der Waals surface area (Å²) in [6.07, 6.45) is 1.12. The van der Waals surface area contributed by atoms with Gasteiger partial charge in [-0.15, -0.1) is 0 Å². The second-order valence-electron chi connectivity index (χ2n) is 3.97. The number of methoxy groups -OCH3 is 1. The molecule has 0 aliphatic heterocycles. The van der Waals surface area contributed by atoms with Crippen LogP contribution in [0.5, 0.6) is 5.75 Å². The first-order valence-corrected chi connectivity index (χ1v) is 6.10. The van der Waals surface area contributed by atoms with Gasteiger partial charge in [-0.1, -0.05) is 15.9 Å². The molecular formula is C12H12BrFO3. The summed E-state index contributed by atoms with van der Waals surface area (Å²) in [6.45, 7) is 0. The van der Waals surface area contributed by atoms with E-state index in [0.717, 1.165) is 12.8 Å². The van der Waals surface area contributed by atoms with Crippen molar-refractivity contribution in [3.63, 3.8) is 0 Å². The van der Waals surface area contributed by atoms with Gasteiger partial charge in [0.25, 0.3) is 0 Å². The Bertz CT molecular complexity index is 432. The fourth-order valence-electron chi connectivity index (χ4n) is 1.56. The third kappa shape index (κ3) is 2.97. The zero-order valence-corrected chi connectivity index (χ0v) is 10.9. The molecule has 1 aliphatic carbocycles. The second-order valence-corrected chi connectivity index (χ2v) is 4.89. The Morgan fingerprint density at radius 2 is 2.24 bits per heavy atom. The molecule has 1 unspecified atom stereocenters. The second kappa shape index (κ2) is 5.04. The van der Waals surface area contributed by atoms with Crippen LogP contribution < -0.4 is 4.74 Å². The van der Waals surface area contributed by atoms with Gasteiger partial charge in [0.1, 0.15) is 0 Å². The van der Waals surface area contributed by atoms with Crippen LogP contribution in [0.25, 0.3) is 0 Å². The van der Waals surface area contributed by atoms with Crippen LogP contribution in [0.1, 0.15) is 12.8 Å². The predicted molar refractivity (Wildman–Crippen MR) is 63.3 cm³/mol. The Balaban J connectivity index is 2.16. The fourth-order valence-corrected chi connectivity index (χ4v) is 1.90.